The number of ether oxygens (including phenoxy) is 6. The van der Waals surface area contributed by atoms with E-state index in [1.54, 1.807) is 43.3 Å². The van der Waals surface area contributed by atoms with Crippen LogP contribution < -0.4 is 0 Å². The van der Waals surface area contributed by atoms with Crippen molar-refractivity contribution in [2.45, 2.75) is 71.0 Å². The zero-order chi connectivity index (χ0) is 35.8. The van der Waals surface area contributed by atoms with Crippen molar-refractivity contribution < 1.29 is 47.7 Å². The molecule has 1 aromatic rings. The number of rotatable bonds is 19. The summed E-state index contributed by atoms with van der Waals surface area (Å²) < 4.78 is 35.0. The molecule has 0 radical (unpaired) electrons. The minimum absolute atomic E-state index is 0.0132. The molecule has 4 saturated carbocycles. The van der Waals surface area contributed by atoms with E-state index in [-0.39, 0.29) is 50.3 Å². The highest BCUT2D eigenvalue weighted by Crippen LogP contribution is 2.74. The lowest BCUT2D eigenvalue weighted by molar-refractivity contribution is -0.493. The van der Waals surface area contributed by atoms with Crippen LogP contribution in [0.2, 0.25) is 0 Å². The Morgan fingerprint density at radius 3 is 2.43 bits per heavy atom. The normalized spacial score (nSPS) is 31.3. The van der Waals surface area contributed by atoms with Crippen molar-refractivity contribution in [2.75, 3.05) is 47.6 Å². The number of allylic oxidation sites excluding steroid dienone is 1. The summed E-state index contributed by atoms with van der Waals surface area (Å²) in [5.74, 6) is -2.94. The van der Waals surface area contributed by atoms with Crippen molar-refractivity contribution in [3.63, 3.8) is 0 Å². The zero-order valence-corrected chi connectivity index (χ0v) is 29.2. The number of hydrogen-bond donors (Lipinski definition) is 0. The molecule has 4 aliphatic carbocycles. The summed E-state index contributed by atoms with van der Waals surface area (Å²) in [6.07, 6.45) is 3.24. The lowest BCUT2D eigenvalue weighted by Gasteiger charge is -2.71. The van der Waals surface area contributed by atoms with Crippen molar-refractivity contribution in [1.29, 1.82) is 0 Å². The number of methoxy groups -OCH3 is 2. The quantitative estimate of drug-likeness (QED) is 0.0449. The zero-order valence-electron chi connectivity index (χ0n) is 29.2. The van der Waals surface area contributed by atoms with Crippen LogP contribution >= 0.6 is 0 Å². The van der Waals surface area contributed by atoms with Crippen LogP contribution in [0.1, 0.15) is 69.2 Å². The lowest BCUT2D eigenvalue weighted by atomic mass is 9.32. The maximum Gasteiger partial charge on any atom is 0.338 e. The third-order valence-corrected chi connectivity index (χ3v) is 11.4. The maximum atomic E-state index is 16.0. The minimum atomic E-state index is -1.31. The average Bonchev–Trinajstić information content (AvgIpc) is 3.45. The number of carbonyl (C=O) groups is 3. The Hall–Kier alpha value is -3.45. The number of benzene rings is 1. The summed E-state index contributed by atoms with van der Waals surface area (Å²) in [7, 11) is 3.01. The predicted octanol–water partition coefficient (Wildman–Crippen LogP) is 5.57. The molecule has 8 atom stereocenters. The highest BCUT2D eigenvalue weighted by molar-refractivity contribution is 5.95. The van der Waals surface area contributed by atoms with Gasteiger partial charge in [-0.3, -0.25) is 19.7 Å². The maximum absolute atomic E-state index is 16.0. The number of nitrogens with zero attached hydrogens (tertiary/aromatic N) is 1. The molecule has 0 saturated heterocycles. The molecule has 12 nitrogen and oxygen atoms in total. The molecule has 0 N–H and O–H groups in total. The molecule has 1 aromatic carbocycles. The molecule has 5 rings (SSSR count). The third-order valence-electron chi connectivity index (χ3n) is 11.4. The van der Waals surface area contributed by atoms with Crippen LogP contribution in [-0.2, 0) is 38.0 Å². The fourth-order valence-electron chi connectivity index (χ4n) is 9.53. The summed E-state index contributed by atoms with van der Waals surface area (Å²) in [4.78, 5) is 53.2. The number of hydrogen-bond acceptors (Lipinski definition) is 11. The van der Waals surface area contributed by atoms with E-state index in [9.17, 15) is 19.7 Å². The van der Waals surface area contributed by atoms with E-state index in [0.29, 0.717) is 37.7 Å². The van der Waals surface area contributed by atoms with Gasteiger partial charge in [0.2, 0.25) is 6.54 Å². The van der Waals surface area contributed by atoms with Crippen LogP contribution in [0.5, 0.6) is 0 Å². The molecule has 0 aliphatic heterocycles. The summed E-state index contributed by atoms with van der Waals surface area (Å²) >= 11 is 0. The van der Waals surface area contributed by atoms with Crippen LogP contribution in [0, 0.1) is 44.1 Å². The first kappa shape index (κ1) is 38.4. The van der Waals surface area contributed by atoms with Gasteiger partial charge in [-0.25, -0.2) is 4.79 Å². The van der Waals surface area contributed by atoms with Gasteiger partial charge >= 0.3 is 11.9 Å². The van der Waals surface area contributed by atoms with Crippen LogP contribution in [0.15, 0.2) is 55.1 Å². The van der Waals surface area contributed by atoms with Gasteiger partial charge in [0.1, 0.15) is 19.4 Å². The molecule has 0 heterocycles. The van der Waals surface area contributed by atoms with E-state index in [1.807, 2.05) is 0 Å². The van der Waals surface area contributed by atoms with Gasteiger partial charge in [0, 0.05) is 48.7 Å². The van der Waals surface area contributed by atoms with Gasteiger partial charge in [-0.1, -0.05) is 43.4 Å². The van der Waals surface area contributed by atoms with Crippen molar-refractivity contribution >= 4 is 17.7 Å². The van der Waals surface area contributed by atoms with Crippen molar-refractivity contribution in [3.8, 4) is 0 Å². The Morgan fingerprint density at radius 1 is 1.10 bits per heavy atom. The molecule has 4 aliphatic rings. The fourth-order valence-corrected chi connectivity index (χ4v) is 9.53. The van der Waals surface area contributed by atoms with E-state index in [2.05, 4.69) is 13.2 Å². The van der Waals surface area contributed by atoms with E-state index < -0.39 is 64.7 Å². The molecule has 270 valence electrons. The van der Waals surface area contributed by atoms with E-state index in [4.69, 9.17) is 28.4 Å². The first-order valence-electron chi connectivity index (χ1n) is 17.0. The van der Waals surface area contributed by atoms with Gasteiger partial charge < -0.3 is 28.4 Å². The second-order valence-electron chi connectivity index (χ2n) is 13.7. The molecule has 4 fully saturated rings. The summed E-state index contributed by atoms with van der Waals surface area (Å²) in [5.41, 5.74) is -2.49. The first-order chi connectivity index (χ1) is 23.5. The van der Waals surface area contributed by atoms with E-state index in [0.717, 1.165) is 5.57 Å². The number of esters is 2. The SMILES string of the molecule is C=CC[C@@H]1[C@@H](OCOC)[C@@]2([C@H](C)C[N+](=O)[O-])CC[C@]1(COC(=O)c1ccccc1)[C@@](CCCOC(C)=O)([C@@H]1C(=C)CC[C@H]1OCOC)C2=O. The minimum Gasteiger partial charge on any atom is -0.466 e. The Bertz CT molecular complexity index is 1370. The summed E-state index contributed by atoms with van der Waals surface area (Å²) in [6.45, 7) is 10.9. The van der Waals surface area contributed by atoms with Crippen LogP contribution in [0.3, 0.4) is 0 Å². The molecule has 49 heavy (non-hydrogen) atoms. The average molecular weight is 686 g/mol. The van der Waals surface area contributed by atoms with Crippen LogP contribution in [-0.4, -0.2) is 82.4 Å². The van der Waals surface area contributed by atoms with Crippen LogP contribution in [0.4, 0.5) is 0 Å². The molecule has 0 aromatic heterocycles. The largest absolute Gasteiger partial charge is 0.466 e. The highest BCUT2D eigenvalue weighted by atomic mass is 16.7. The number of nitro groups is 1. The van der Waals surface area contributed by atoms with Gasteiger partial charge in [0.15, 0.2) is 0 Å². The molecule has 0 unspecified atom stereocenters. The van der Waals surface area contributed by atoms with Gasteiger partial charge in [-0.2, -0.15) is 0 Å². The fraction of sp³-hybridized carbons (Fsp3) is 0.649. The molecule has 0 spiro atoms. The highest BCUT2D eigenvalue weighted by Gasteiger charge is 2.79. The summed E-state index contributed by atoms with van der Waals surface area (Å²) in [6, 6.07) is 8.64. The van der Waals surface area contributed by atoms with Crippen LogP contribution in [0.25, 0.3) is 0 Å². The molecular formula is C37H51NO11. The van der Waals surface area contributed by atoms with Gasteiger partial charge in [-0.05, 0) is 63.0 Å². The topological polar surface area (TPSA) is 150 Å². The van der Waals surface area contributed by atoms with E-state index in [1.165, 1.54) is 21.1 Å². The monoisotopic (exact) mass is 685 g/mol. The molecule has 0 amide bonds. The molecule has 12 heteroatoms. The smallest absolute Gasteiger partial charge is 0.338 e. The summed E-state index contributed by atoms with van der Waals surface area (Å²) in [5, 5.41) is 12.1. The van der Waals surface area contributed by atoms with Crippen molar-refractivity contribution in [2.24, 2.45) is 34.0 Å². The molecule has 2 bridgehead atoms. The van der Waals surface area contributed by atoms with Gasteiger partial charge in [0.25, 0.3) is 0 Å². The Balaban J connectivity index is 2.01. The lowest BCUT2D eigenvalue weighted by Crippen LogP contribution is -2.77. The Kier molecular flexibility index (Phi) is 12.9. The first-order valence-corrected chi connectivity index (χ1v) is 17.0. The number of Topliss-reactive ketones (excluding diaryl/α,β-unsaturated/α-hetero) is 1. The number of carbonyl (C=O) groups excluding carboxylic acids is 3. The number of ketones is 1. The Labute approximate surface area is 288 Å². The second-order valence-corrected chi connectivity index (χ2v) is 13.7. The second kappa shape index (κ2) is 16.5. The van der Waals surface area contributed by atoms with Gasteiger partial charge in [-0.15, -0.1) is 6.58 Å². The third kappa shape index (κ3) is 7.10. The van der Waals surface area contributed by atoms with E-state index >= 15 is 4.79 Å². The standard InChI is InChI=1S/C37H51NO11/c1-7-12-29-32(49-24-45-6)36(26(3)21-38(42)43)19-18-35(29,22-47-33(40)28-13-9-8-10-14-28)37(34(36)41,17-11-20-46-27(4)39)31-25(2)15-16-30(31)48-23-44-5/h7-10,13-14,26,29-32H,1-2,11-12,15-24H2,3-6H3/t26-,29-,30-,31-,32-,35-,36+,37+/m1/s1. The molecular weight excluding hydrogens is 634 g/mol. The number of fused-ring (bicyclic) bond motifs is 3. The van der Waals surface area contributed by atoms with Gasteiger partial charge in [0.05, 0.1) is 36.4 Å². The van der Waals surface area contributed by atoms with Crippen molar-refractivity contribution in [3.05, 3.63) is 70.8 Å². The van der Waals surface area contributed by atoms with Crippen molar-refractivity contribution in [1.82, 2.24) is 0 Å². The predicted molar refractivity (Wildman–Crippen MR) is 179 cm³/mol. The Morgan fingerprint density at radius 2 is 1.80 bits per heavy atom.